The second-order valence-corrected chi connectivity index (χ2v) is 13.9. The summed E-state index contributed by atoms with van der Waals surface area (Å²) < 4.78 is 47.3. The predicted octanol–water partition coefficient (Wildman–Crippen LogP) is 3.79. The molecule has 10 heteroatoms. The largest absolute Gasteiger partial charge is 0.598 e. The SMILES string of the molecule is CC(C)(C)[S@@+]([O-])N[C@@](C)(C[S@@]1(=O)=NCCC[C@]1(C)C#N)c1nc(Br)ccc1F. The quantitative estimate of drug-likeness (QED) is 0.497. The Morgan fingerprint density at radius 3 is 2.68 bits per heavy atom. The normalized spacial score (nSPS) is 28.7. The topological polar surface area (TPSA) is 101 Å². The Hall–Kier alpha value is -0.730. The van der Waals surface area contributed by atoms with Gasteiger partial charge in [-0.15, -0.1) is 4.72 Å². The molecule has 6 nitrogen and oxygen atoms in total. The Labute approximate surface area is 178 Å². The fraction of sp³-hybridized carbons (Fsp3) is 0.667. The van der Waals surface area contributed by atoms with E-state index >= 15 is 0 Å². The molecule has 0 unspecified atom stereocenters. The van der Waals surface area contributed by atoms with Crippen molar-refractivity contribution in [2.45, 2.75) is 62.5 Å². The smallest absolute Gasteiger partial charge is 0.146 e. The molecule has 0 saturated carbocycles. The van der Waals surface area contributed by atoms with E-state index in [-0.39, 0.29) is 11.4 Å². The standard InChI is InChI=1S/C18H26BrFN4O2S2/c1-16(2,3)27(25)24-18(5,15-13(20)7-8-14(19)23-15)12-28(26)17(4,11-21)9-6-10-22-28/h7-8,24H,6,9-10,12H2,1-5H3/t17-,18+,27-,28+/m1/s1. The summed E-state index contributed by atoms with van der Waals surface area (Å²) in [5.74, 6) is -0.784. The van der Waals surface area contributed by atoms with Crippen LogP contribution in [0.1, 0.15) is 53.2 Å². The van der Waals surface area contributed by atoms with Crippen LogP contribution < -0.4 is 4.72 Å². The van der Waals surface area contributed by atoms with Crippen LogP contribution in [0.3, 0.4) is 0 Å². The highest BCUT2D eigenvalue weighted by Crippen LogP contribution is 2.36. The van der Waals surface area contributed by atoms with Crippen molar-refractivity contribution in [1.29, 1.82) is 5.26 Å². The van der Waals surface area contributed by atoms with Gasteiger partial charge in [-0.05, 0) is 75.5 Å². The third kappa shape index (κ3) is 4.70. The monoisotopic (exact) mass is 492 g/mol. The van der Waals surface area contributed by atoms with Crippen molar-refractivity contribution in [3.05, 3.63) is 28.2 Å². The molecular formula is C18H26BrFN4O2S2. The lowest BCUT2D eigenvalue weighted by atomic mass is 10.0. The molecule has 0 saturated heterocycles. The molecular weight excluding hydrogens is 467 g/mol. The first-order chi connectivity index (χ1) is 12.8. The van der Waals surface area contributed by atoms with Crippen molar-refractivity contribution >= 4 is 37.0 Å². The molecule has 0 aliphatic carbocycles. The van der Waals surface area contributed by atoms with Crippen LogP contribution in [-0.2, 0) is 26.6 Å². The number of nitrogens with zero attached hydrogens (tertiary/aromatic N) is 3. The van der Waals surface area contributed by atoms with Crippen molar-refractivity contribution in [3.63, 3.8) is 0 Å². The summed E-state index contributed by atoms with van der Waals surface area (Å²) >= 11 is 1.65. The lowest BCUT2D eigenvalue weighted by Gasteiger charge is -2.38. The molecule has 0 aromatic carbocycles. The molecule has 1 aromatic heterocycles. The van der Waals surface area contributed by atoms with E-state index in [4.69, 9.17) is 0 Å². The highest BCUT2D eigenvalue weighted by Gasteiger charge is 2.48. The van der Waals surface area contributed by atoms with E-state index in [9.17, 15) is 18.4 Å². The average Bonchev–Trinajstić information content (AvgIpc) is 2.58. The van der Waals surface area contributed by atoms with Crippen molar-refractivity contribution in [1.82, 2.24) is 9.71 Å². The van der Waals surface area contributed by atoms with Crippen LogP contribution in [0.15, 0.2) is 21.1 Å². The molecule has 0 bridgehead atoms. The van der Waals surface area contributed by atoms with E-state index < -0.39 is 41.9 Å². The van der Waals surface area contributed by atoms with Gasteiger partial charge in [0.2, 0.25) is 0 Å². The number of hydrogen-bond acceptors (Lipinski definition) is 6. The highest BCUT2D eigenvalue weighted by atomic mass is 79.9. The predicted molar refractivity (Wildman–Crippen MR) is 114 cm³/mol. The minimum atomic E-state index is -3.06. The fourth-order valence-electron chi connectivity index (χ4n) is 2.96. The number of pyridine rings is 1. The van der Waals surface area contributed by atoms with Gasteiger partial charge >= 0.3 is 0 Å². The zero-order valence-electron chi connectivity index (χ0n) is 16.7. The molecule has 1 aliphatic heterocycles. The van der Waals surface area contributed by atoms with Crippen LogP contribution in [0.2, 0.25) is 0 Å². The number of rotatable bonds is 5. The fourth-order valence-corrected chi connectivity index (χ4v) is 6.96. The van der Waals surface area contributed by atoms with E-state index in [1.165, 1.54) is 12.1 Å². The van der Waals surface area contributed by atoms with Gasteiger partial charge in [0.25, 0.3) is 0 Å². The second kappa shape index (κ2) is 8.19. The number of nitriles is 1. The Morgan fingerprint density at radius 2 is 2.11 bits per heavy atom. The Kier molecular flexibility index (Phi) is 6.88. The molecule has 0 spiro atoms. The zero-order valence-corrected chi connectivity index (χ0v) is 19.9. The van der Waals surface area contributed by atoms with Gasteiger partial charge < -0.3 is 4.55 Å². The third-order valence-corrected chi connectivity index (χ3v) is 10.2. The average molecular weight is 493 g/mol. The summed E-state index contributed by atoms with van der Waals surface area (Å²) in [6.07, 6.45) is 1.11. The molecule has 0 fully saturated rings. The van der Waals surface area contributed by atoms with E-state index in [1.807, 2.05) is 0 Å². The van der Waals surface area contributed by atoms with Crippen molar-refractivity contribution < 1.29 is 13.2 Å². The molecule has 28 heavy (non-hydrogen) atoms. The van der Waals surface area contributed by atoms with Gasteiger partial charge in [0, 0.05) is 17.9 Å². The minimum absolute atomic E-state index is 0.0109. The number of nitrogens with one attached hydrogen (secondary N) is 1. The van der Waals surface area contributed by atoms with Gasteiger partial charge in [0.1, 0.15) is 31.1 Å². The molecule has 0 amide bonds. The van der Waals surface area contributed by atoms with Crippen molar-refractivity contribution in [3.8, 4) is 6.07 Å². The second-order valence-electron chi connectivity index (χ2n) is 8.36. The number of aromatic nitrogens is 1. The molecule has 1 aromatic rings. The maximum atomic E-state index is 14.8. The molecule has 1 N–H and O–H groups in total. The lowest BCUT2D eigenvalue weighted by Crippen LogP contribution is -2.56. The lowest BCUT2D eigenvalue weighted by molar-refractivity contribution is 0.421. The van der Waals surface area contributed by atoms with Crippen LogP contribution in [-0.4, -0.2) is 35.5 Å². The van der Waals surface area contributed by atoms with Gasteiger partial charge in [-0.2, -0.15) is 5.26 Å². The Morgan fingerprint density at radius 1 is 1.46 bits per heavy atom. The van der Waals surface area contributed by atoms with E-state index in [2.05, 4.69) is 36.1 Å². The summed E-state index contributed by atoms with van der Waals surface area (Å²) in [5, 5.41) is 9.70. The van der Waals surface area contributed by atoms with Crippen LogP contribution in [0, 0.1) is 17.1 Å². The van der Waals surface area contributed by atoms with Crippen LogP contribution in [0.5, 0.6) is 0 Å². The van der Waals surface area contributed by atoms with Gasteiger partial charge in [-0.1, -0.05) is 0 Å². The molecule has 4 atom stereocenters. The first kappa shape index (κ1) is 23.5. The molecule has 0 radical (unpaired) electrons. The number of halogens is 2. The Balaban J connectivity index is 2.62. The number of hydrogen-bond donors (Lipinski definition) is 1. The van der Waals surface area contributed by atoms with E-state index in [1.54, 1.807) is 34.6 Å². The van der Waals surface area contributed by atoms with E-state index in [0.29, 0.717) is 24.0 Å². The molecule has 1 aliphatic rings. The van der Waals surface area contributed by atoms with Gasteiger partial charge in [0.15, 0.2) is 0 Å². The molecule has 2 heterocycles. The zero-order chi connectivity index (χ0) is 21.4. The summed E-state index contributed by atoms with van der Waals surface area (Å²) in [5.41, 5.74) is -1.37. The highest BCUT2D eigenvalue weighted by molar-refractivity contribution is 9.10. The Bertz CT molecular complexity index is 908. The first-order valence-corrected chi connectivity index (χ1v) is 12.5. The molecule has 2 rings (SSSR count). The van der Waals surface area contributed by atoms with Gasteiger partial charge in [-0.3, -0.25) is 0 Å². The summed E-state index contributed by atoms with van der Waals surface area (Å²) in [6.45, 7) is 8.97. The summed E-state index contributed by atoms with van der Waals surface area (Å²) in [4.78, 5) is 4.24. The van der Waals surface area contributed by atoms with Gasteiger partial charge in [0.05, 0.1) is 21.6 Å². The molecule has 156 valence electrons. The van der Waals surface area contributed by atoms with Crippen LogP contribution >= 0.6 is 15.9 Å². The van der Waals surface area contributed by atoms with Crippen molar-refractivity contribution in [2.24, 2.45) is 4.36 Å². The van der Waals surface area contributed by atoms with Gasteiger partial charge in [-0.25, -0.2) is 17.9 Å². The first-order valence-electron chi connectivity index (χ1n) is 8.90. The summed E-state index contributed by atoms with van der Waals surface area (Å²) in [6, 6.07) is 4.87. The summed E-state index contributed by atoms with van der Waals surface area (Å²) in [7, 11) is -3.06. The van der Waals surface area contributed by atoms with E-state index in [0.717, 1.165) is 0 Å². The maximum Gasteiger partial charge on any atom is 0.146 e. The van der Waals surface area contributed by atoms with Crippen LogP contribution in [0.25, 0.3) is 0 Å². The maximum absolute atomic E-state index is 14.8. The van der Waals surface area contributed by atoms with Crippen molar-refractivity contribution in [2.75, 3.05) is 12.3 Å². The minimum Gasteiger partial charge on any atom is -0.598 e. The third-order valence-electron chi connectivity index (χ3n) is 4.75. The van der Waals surface area contributed by atoms with Crippen LogP contribution in [0.4, 0.5) is 4.39 Å².